The highest BCUT2D eigenvalue weighted by Crippen LogP contribution is 2.23. The molecule has 2 aromatic rings. The van der Waals surface area contributed by atoms with E-state index in [0.29, 0.717) is 6.61 Å². The zero-order valence-corrected chi connectivity index (χ0v) is 13.4. The van der Waals surface area contributed by atoms with E-state index in [1.54, 1.807) is 0 Å². The average molecular weight is 283 g/mol. The van der Waals surface area contributed by atoms with Gasteiger partial charge in [0.05, 0.1) is 6.61 Å². The molecule has 2 nitrogen and oxygen atoms in total. The molecule has 2 heteroatoms. The summed E-state index contributed by atoms with van der Waals surface area (Å²) in [6.45, 7) is 9.10. The Labute approximate surface area is 127 Å². The van der Waals surface area contributed by atoms with Crippen LogP contribution in [0.2, 0.25) is 0 Å². The summed E-state index contributed by atoms with van der Waals surface area (Å²) in [5.74, 6) is 0.916. The van der Waals surface area contributed by atoms with Gasteiger partial charge in [-0.1, -0.05) is 24.3 Å². The number of hydrogen-bond donors (Lipinski definition) is 1. The van der Waals surface area contributed by atoms with Gasteiger partial charge in [0.15, 0.2) is 0 Å². The molecule has 0 saturated carbocycles. The van der Waals surface area contributed by atoms with E-state index in [4.69, 9.17) is 10.5 Å². The first kappa shape index (κ1) is 15.6. The molecule has 0 spiro atoms. The molecule has 2 aromatic carbocycles. The van der Waals surface area contributed by atoms with E-state index < -0.39 is 0 Å². The van der Waals surface area contributed by atoms with Gasteiger partial charge in [-0.15, -0.1) is 0 Å². The van der Waals surface area contributed by atoms with Crippen LogP contribution >= 0.6 is 0 Å². The molecule has 0 aliphatic carbocycles. The third kappa shape index (κ3) is 4.08. The summed E-state index contributed by atoms with van der Waals surface area (Å²) in [6.07, 6.45) is 0.817. The molecule has 1 unspecified atom stereocenters. The molecule has 0 heterocycles. The summed E-state index contributed by atoms with van der Waals surface area (Å²) in [4.78, 5) is 0. The molecule has 0 fully saturated rings. The van der Waals surface area contributed by atoms with Crippen molar-refractivity contribution in [2.75, 3.05) is 6.61 Å². The molecule has 21 heavy (non-hydrogen) atoms. The minimum Gasteiger partial charge on any atom is -0.494 e. The van der Waals surface area contributed by atoms with Crippen LogP contribution in [0.3, 0.4) is 0 Å². The van der Waals surface area contributed by atoms with Crippen molar-refractivity contribution in [2.45, 2.75) is 40.2 Å². The normalized spacial score (nSPS) is 12.2. The SMILES string of the molecule is Cc1cccc(OCCC(N)c2cc(C)c(C)cc2C)c1. The molecule has 1 atom stereocenters. The molecule has 0 amide bonds. The fourth-order valence-electron chi connectivity index (χ4n) is 2.55. The first-order valence-corrected chi connectivity index (χ1v) is 7.50. The van der Waals surface area contributed by atoms with Gasteiger partial charge >= 0.3 is 0 Å². The molecule has 0 aliphatic rings. The lowest BCUT2D eigenvalue weighted by molar-refractivity contribution is 0.298. The number of benzene rings is 2. The largest absolute Gasteiger partial charge is 0.494 e. The van der Waals surface area contributed by atoms with Crippen LogP contribution in [0.15, 0.2) is 36.4 Å². The summed E-state index contributed by atoms with van der Waals surface area (Å²) >= 11 is 0. The lowest BCUT2D eigenvalue weighted by Crippen LogP contribution is -2.16. The second kappa shape index (κ2) is 6.77. The van der Waals surface area contributed by atoms with Crippen molar-refractivity contribution in [3.63, 3.8) is 0 Å². The maximum atomic E-state index is 6.33. The van der Waals surface area contributed by atoms with Crippen molar-refractivity contribution in [3.05, 3.63) is 64.2 Å². The summed E-state index contributed by atoms with van der Waals surface area (Å²) in [5, 5.41) is 0. The van der Waals surface area contributed by atoms with E-state index in [2.05, 4.69) is 45.9 Å². The second-order valence-corrected chi connectivity index (χ2v) is 5.85. The lowest BCUT2D eigenvalue weighted by Gasteiger charge is -2.17. The number of ether oxygens (including phenoxy) is 1. The van der Waals surface area contributed by atoms with Crippen molar-refractivity contribution in [3.8, 4) is 5.75 Å². The van der Waals surface area contributed by atoms with Crippen LogP contribution in [0.5, 0.6) is 5.75 Å². The molecule has 0 radical (unpaired) electrons. The monoisotopic (exact) mass is 283 g/mol. The van der Waals surface area contributed by atoms with Gasteiger partial charge in [-0.05, 0) is 67.6 Å². The summed E-state index contributed by atoms with van der Waals surface area (Å²) in [5.41, 5.74) is 12.6. The van der Waals surface area contributed by atoms with E-state index in [1.165, 1.54) is 27.8 Å². The molecule has 2 rings (SSSR count). The van der Waals surface area contributed by atoms with Crippen LogP contribution in [0.4, 0.5) is 0 Å². The summed E-state index contributed by atoms with van der Waals surface area (Å²) in [6, 6.07) is 12.6. The third-order valence-electron chi connectivity index (χ3n) is 3.97. The molecule has 0 aliphatic heterocycles. The minimum atomic E-state index is 0.0223. The lowest BCUT2D eigenvalue weighted by atomic mass is 9.95. The highest BCUT2D eigenvalue weighted by Gasteiger charge is 2.10. The number of rotatable bonds is 5. The van der Waals surface area contributed by atoms with Crippen molar-refractivity contribution in [2.24, 2.45) is 5.73 Å². The van der Waals surface area contributed by atoms with Gasteiger partial charge in [-0.3, -0.25) is 0 Å². The second-order valence-electron chi connectivity index (χ2n) is 5.85. The Balaban J connectivity index is 1.96. The predicted molar refractivity (Wildman–Crippen MR) is 88.9 cm³/mol. The molecule has 0 saturated heterocycles. The molecular formula is C19H25NO. The fraction of sp³-hybridized carbons (Fsp3) is 0.368. The van der Waals surface area contributed by atoms with E-state index in [-0.39, 0.29) is 6.04 Å². The maximum Gasteiger partial charge on any atom is 0.119 e. The predicted octanol–water partition coefficient (Wildman–Crippen LogP) is 4.39. The Morgan fingerprint density at radius 2 is 1.67 bits per heavy atom. The topological polar surface area (TPSA) is 35.2 Å². The van der Waals surface area contributed by atoms with Crippen LogP contribution in [-0.2, 0) is 0 Å². The minimum absolute atomic E-state index is 0.0223. The highest BCUT2D eigenvalue weighted by molar-refractivity contribution is 5.38. The van der Waals surface area contributed by atoms with Gasteiger partial charge in [0, 0.05) is 12.5 Å². The van der Waals surface area contributed by atoms with Crippen LogP contribution in [0.1, 0.15) is 40.3 Å². The number of aryl methyl sites for hydroxylation is 4. The van der Waals surface area contributed by atoms with Crippen LogP contribution in [-0.4, -0.2) is 6.61 Å². The molecule has 2 N–H and O–H groups in total. The van der Waals surface area contributed by atoms with Crippen LogP contribution < -0.4 is 10.5 Å². The van der Waals surface area contributed by atoms with Crippen LogP contribution in [0, 0.1) is 27.7 Å². The first-order valence-electron chi connectivity index (χ1n) is 7.50. The Kier molecular flexibility index (Phi) is 5.03. The van der Waals surface area contributed by atoms with Gasteiger partial charge in [0.2, 0.25) is 0 Å². The fourth-order valence-corrected chi connectivity index (χ4v) is 2.55. The third-order valence-corrected chi connectivity index (χ3v) is 3.97. The van der Waals surface area contributed by atoms with Gasteiger partial charge in [0.25, 0.3) is 0 Å². The van der Waals surface area contributed by atoms with Gasteiger partial charge < -0.3 is 10.5 Å². The van der Waals surface area contributed by atoms with Crippen molar-refractivity contribution in [1.29, 1.82) is 0 Å². The van der Waals surface area contributed by atoms with E-state index in [0.717, 1.165) is 12.2 Å². The van der Waals surface area contributed by atoms with Gasteiger partial charge in [-0.25, -0.2) is 0 Å². The molecule has 0 bridgehead atoms. The Hall–Kier alpha value is -1.80. The smallest absolute Gasteiger partial charge is 0.119 e. The zero-order chi connectivity index (χ0) is 15.4. The molecule has 0 aromatic heterocycles. The van der Waals surface area contributed by atoms with Gasteiger partial charge in [-0.2, -0.15) is 0 Å². The standard InChI is InChI=1S/C19H25NO/c1-13-6-5-7-17(10-13)21-9-8-19(20)18-12-15(3)14(2)11-16(18)4/h5-7,10-12,19H,8-9,20H2,1-4H3. The first-order chi connectivity index (χ1) is 9.97. The van der Waals surface area contributed by atoms with E-state index in [9.17, 15) is 0 Å². The highest BCUT2D eigenvalue weighted by atomic mass is 16.5. The summed E-state index contributed by atoms with van der Waals surface area (Å²) < 4.78 is 5.79. The quantitative estimate of drug-likeness (QED) is 0.883. The number of nitrogens with two attached hydrogens (primary N) is 1. The molecule has 112 valence electrons. The van der Waals surface area contributed by atoms with Crippen LogP contribution in [0.25, 0.3) is 0 Å². The zero-order valence-electron chi connectivity index (χ0n) is 13.4. The van der Waals surface area contributed by atoms with Crippen molar-refractivity contribution < 1.29 is 4.74 Å². The van der Waals surface area contributed by atoms with E-state index >= 15 is 0 Å². The van der Waals surface area contributed by atoms with Crippen molar-refractivity contribution in [1.82, 2.24) is 0 Å². The van der Waals surface area contributed by atoms with Gasteiger partial charge in [0.1, 0.15) is 5.75 Å². The Morgan fingerprint density at radius 1 is 0.952 bits per heavy atom. The van der Waals surface area contributed by atoms with E-state index in [1.807, 2.05) is 18.2 Å². The average Bonchev–Trinajstić information content (AvgIpc) is 2.43. The Bertz CT molecular complexity index is 619. The summed E-state index contributed by atoms with van der Waals surface area (Å²) in [7, 11) is 0. The number of hydrogen-bond acceptors (Lipinski definition) is 2. The van der Waals surface area contributed by atoms with Crippen molar-refractivity contribution >= 4 is 0 Å². The maximum absolute atomic E-state index is 6.33. The molecular weight excluding hydrogens is 258 g/mol. The Morgan fingerprint density at radius 3 is 2.38 bits per heavy atom.